The van der Waals surface area contributed by atoms with Gasteiger partial charge in [-0.05, 0) is 49.6 Å². The Morgan fingerprint density at radius 3 is 2.47 bits per heavy atom. The first-order valence-corrected chi connectivity index (χ1v) is 11.5. The molecule has 1 aromatic heterocycles. The summed E-state index contributed by atoms with van der Waals surface area (Å²) in [4.78, 5) is 31.1. The van der Waals surface area contributed by atoms with Crippen LogP contribution in [0, 0.1) is 0 Å². The van der Waals surface area contributed by atoms with E-state index in [0.29, 0.717) is 54.6 Å². The summed E-state index contributed by atoms with van der Waals surface area (Å²) in [5.74, 6) is 0.954. The van der Waals surface area contributed by atoms with E-state index in [4.69, 9.17) is 9.47 Å². The fraction of sp³-hybridized carbons (Fsp3) is 0.296. The maximum Gasteiger partial charge on any atom is 0.322 e. The van der Waals surface area contributed by atoms with E-state index in [1.54, 1.807) is 19.2 Å². The van der Waals surface area contributed by atoms with Crippen LogP contribution < -0.4 is 19.7 Å². The number of pyridine rings is 1. The summed E-state index contributed by atoms with van der Waals surface area (Å²) < 4.78 is 11.4. The molecular weight excluding hydrogens is 430 g/mol. The van der Waals surface area contributed by atoms with Gasteiger partial charge in [0.15, 0.2) is 11.5 Å². The van der Waals surface area contributed by atoms with Gasteiger partial charge in [-0.15, -0.1) is 0 Å². The highest BCUT2D eigenvalue weighted by atomic mass is 16.6. The molecule has 0 unspecified atom stereocenters. The van der Waals surface area contributed by atoms with Gasteiger partial charge in [0.1, 0.15) is 5.82 Å². The lowest BCUT2D eigenvalue weighted by Gasteiger charge is -2.19. The van der Waals surface area contributed by atoms with E-state index in [1.165, 1.54) is 4.90 Å². The SMILES string of the molecule is CCCC(=O)Oc1c(OCC)cccc1-c1cccc(N(C)C(=O)NCCc2ccccc2)n1. The Morgan fingerprint density at radius 2 is 1.74 bits per heavy atom. The highest BCUT2D eigenvalue weighted by Gasteiger charge is 2.19. The molecular formula is C27H31N3O4. The Labute approximate surface area is 200 Å². The van der Waals surface area contributed by atoms with E-state index < -0.39 is 0 Å². The van der Waals surface area contributed by atoms with Crippen LogP contribution in [-0.2, 0) is 11.2 Å². The Kier molecular flexibility index (Phi) is 9.03. The number of nitrogens with one attached hydrogen (secondary N) is 1. The maximum atomic E-state index is 12.7. The van der Waals surface area contributed by atoms with E-state index >= 15 is 0 Å². The van der Waals surface area contributed by atoms with E-state index in [9.17, 15) is 9.59 Å². The van der Waals surface area contributed by atoms with Gasteiger partial charge in [-0.1, -0.05) is 49.4 Å². The van der Waals surface area contributed by atoms with Crippen molar-refractivity contribution >= 4 is 17.8 Å². The molecule has 1 heterocycles. The second-order valence-electron chi connectivity index (χ2n) is 7.70. The van der Waals surface area contributed by atoms with Crippen LogP contribution in [0.5, 0.6) is 11.5 Å². The number of urea groups is 1. The average Bonchev–Trinajstić information content (AvgIpc) is 2.85. The summed E-state index contributed by atoms with van der Waals surface area (Å²) in [6, 6.07) is 20.5. The smallest absolute Gasteiger partial charge is 0.322 e. The van der Waals surface area contributed by atoms with Crippen molar-refractivity contribution in [2.75, 3.05) is 25.1 Å². The molecule has 0 spiro atoms. The lowest BCUT2D eigenvalue weighted by Crippen LogP contribution is -2.38. The van der Waals surface area contributed by atoms with E-state index in [0.717, 1.165) is 12.0 Å². The monoisotopic (exact) mass is 461 g/mol. The van der Waals surface area contributed by atoms with Crippen molar-refractivity contribution in [1.29, 1.82) is 0 Å². The quantitative estimate of drug-likeness (QED) is 0.330. The summed E-state index contributed by atoms with van der Waals surface area (Å²) in [7, 11) is 1.67. The fourth-order valence-electron chi connectivity index (χ4n) is 3.40. The first-order chi connectivity index (χ1) is 16.5. The summed E-state index contributed by atoms with van der Waals surface area (Å²) in [6.45, 7) is 4.74. The highest BCUT2D eigenvalue weighted by Crippen LogP contribution is 2.38. The number of carbonyl (C=O) groups excluding carboxylic acids is 2. The van der Waals surface area contributed by atoms with E-state index in [-0.39, 0.29) is 12.0 Å². The molecule has 0 saturated carbocycles. The number of rotatable bonds is 10. The van der Waals surface area contributed by atoms with Gasteiger partial charge in [0.2, 0.25) is 0 Å². The van der Waals surface area contributed by atoms with Gasteiger partial charge in [-0.25, -0.2) is 9.78 Å². The first-order valence-electron chi connectivity index (χ1n) is 11.5. The van der Waals surface area contributed by atoms with Crippen molar-refractivity contribution in [3.8, 4) is 22.8 Å². The Bertz CT molecular complexity index is 1100. The van der Waals surface area contributed by atoms with Gasteiger partial charge < -0.3 is 14.8 Å². The van der Waals surface area contributed by atoms with Crippen LogP contribution in [-0.4, -0.2) is 37.2 Å². The molecule has 3 aromatic rings. The topological polar surface area (TPSA) is 80.8 Å². The van der Waals surface area contributed by atoms with Crippen LogP contribution in [0.4, 0.5) is 10.6 Å². The molecule has 178 valence electrons. The lowest BCUT2D eigenvalue weighted by molar-refractivity contribution is -0.134. The van der Waals surface area contributed by atoms with Gasteiger partial charge in [0, 0.05) is 25.6 Å². The second kappa shape index (κ2) is 12.4. The zero-order valence-electron chi connectivity index (χ0n) is 19.9. The van der Waals surface area contributed by atoms with Crippen molar-refractivity contribution in [1.82, 2.24) is 10.3 Å². The van der Waals surface area contributed by atoms with Crippen LogP contribution in [0.2, 0.25) is 0 Å². The number of esters is 1. The number of aromatic nitrogens is 1. The van der Waals surface area contributed by atoms with Crippen LogP contribution in [0.1, 0.15) is 32.3 Å². The maximum absolute atomic E-state index is 12.7. The predicted molar refractivity (Wildman–Crippen MR) is 133 cm³/mol. The minimum atomic E-state index is -0.332. The van der Waals surface area contributed by atoms with Crippen molar-refractivity contribution in [2.45, 2.75) is 33.1 Å². The molecule has 0 atom stereocenters. The van der Waals surface area contributed by atoms with Crippen molar-refractivity contribution in [3.63, 3.8) is 0 Å². The van der Waals surface area contributed by atoms with Crippen LogP contribution >= 0.6 is 0 Å². The molecule has 2 amide bonds. The van der Waals surface area contributed by atoms with E-state index in [1.807, 2.05) is 68.4 Å². The minimum absolute atomic E-state index is 0.252. The highest BCUT2D eigenvalue weighted by molar-refractivity contribution is 5.90. The zero-order chi connectivity index (χ0) is 24.3. The third-order valence-corrected chi connectivity index (χ3v) is 5.14. The molecule has 0 bridgehead atoms. The van der Waals surface area contributed by atoms with Gasteiger partial charge in [-0.3, -0.25) is 9.69 Å². The Morgan fingerprint density at radius 1 is 0.971 bits per heavy atom. The van der Waals surface area contributed by atoms with E-state index in [2.05, 4.69) is 10.3 Å². The number of carbonyl (C=O) groups is 2. The normalized spacial score (nSPS) is 10.4. The predicted octanol–water partition coefficient (Wildman–Crippen LogP) is 5.24. The standard InChI is InChI=1S/C27H31N3O4/c1-4-11-25(31)34-26-21(14-9-16-23(26)33-5-2)22-15-10-17-24(29-22)30(3)27(32)28-19-18-20-12-7-6-8-13-20/h6-10,12-17H,4-5,11,18-19H2,1-3H3,(H,28,32). The van der Waals surface area contributed by atoms with Crippen LogP contribution in [0.25, 0.3) is 11.3 Å². The summed E-state index contributed by atoms with van der Waals surface area (Å²) >= 11 is 0. The molecule has 7 nitrogen and oxygen atoms in total. The number of nitrogens with zero attached hydrogens (tertiary/aromatic N) is 2. The molecule has 0 fully saturated rings. The number of hydrogen-bond acceptors (Lipinski definition) is 5. The summed E-state index contributed by atoms with van der Waals surface area (Å²) in [5, 5.41) is 2.92. The molecule has 34 heavy (non-hydrogen) atoms. The molecule has 0 aliphatic rings. The van der Waals surface area contributed by atoms with Gasteiger partial charge in [0.25, 0.3) is 0 Å². The largest absolute Gasteiger partial charge is 0.490 e. The number of hydrogen-bond donors (Lipinski definition) is 1. The second-order valence-corrected chi connectivity index (χ2v) is 7.70. The molecule has 3 rings (SSSR count). The van der Waals surface area contributed by atoms with Crippen molar-refractivity contribution < 1.29 is 19.1 Å². The van der Waals surface area contributed by atoms with Gasteiger partial charge >= 0.3 is 12.0 Å². The van der Waals surface area contributed by atoms with Gasteiger partial charge in [0.05, 0.1) is 12.3 Å². The van der Waals surface area contributed by atoms with Crippen LogP contribution in [0.15, 0.2) is 66.7 Å². The fourth-order valence-corrected chi connectivity index (χ4v) is 3.40. The molecule has 0 aliphatic heterocycles. The molecule has 0 radical (unpaired) electrons. The third kappa shape index (κ3) is 6.57. The first kappa shape index (κ1) is 24.8. The van der Waals surface area contributed by atoms with Gasteiger partial charge in [-0.2, -0.15) is 0 Å². The average molecular weight is 462 g/mol. The summed E-state index contributed by atoms with van der Waals surface area (Å²) in [5.41, 5.74) is 2.35. The molecule has 2 aromatic carbocycles. The third-order valence-electron chi connectivity index (χ3n) is 5.14. The Hall–Kier alpha value is -3.87. The van der Waals surface area contributed by atoms with Crippen molar-refractivity contribution in [3.05, 3.63) is 72.3 Å². The molecule has 0 saturated heterocycles. The number of amides is 2. The molecule has 1 N–H and O–H groups in total. The number of benzene rings is 2. The zero-order valence-corrected chi connectivity index (χ0v) is 19.9. The number of para-hydroxylation sites is 1. The van der Waals surface area contributed by atoms with Crippen LogP contribution in [0.3, 0.4) is 0 Å². The summed E-state index contributed by atoms with van der Waals surface area (Å²) in [6.07, 6.45) is 1.73. The lowest BCUT2D eigenvalue weighted by atomic mass is 10.1. The molecule has 0 aliphatic carbocycles. The number of ether oxygens (including phenoxy) is 2. The Balaban J connectivity index is 1.79. The van der Waals surface area contributed by atoms with Crippen molar-refractivity contribution in [2.24, 2.45) is 0 Å². The minimum Gasteiger partial charge on any atom is -0.490 e. The molecule has 7 heteroatoms. The number of anilines is 1.